The number of carbonyl (C=O) groups is 1. The van der Waals surface area contributed by atoms with E-state index in [1.54, 1.807) is 0 Å². The number of aliphatic hydroxyl groups is 1. The van der Waals surface area contributed by atoms with Crippen LogP contribution in [0.3, 0.4) is 0 Å². The van der Waals surface area contributed by atoms with Gasteiger partial charge in [0.15, 0.2) is 6.29 Å². The van der Waals surface area contributed by atoms with Crippen molar-refractivity contribution >= 4 is 5.91 Å². The van der Waals surface area contributed by atoms with Gasteiger partial charge in [0, 0.05) is 14.0 Å². The fraction of sp³-hybridized carbons (Fsp3) is 0.875. The molecule has 0 unspecified atom stereocenters. The minimum absolute atomic E-state index is 0.152. The van der Waals surface area contributed by atoms with Crippen LogP contribution in [0.2, 0.25) is 0 Å². The number of nitrogens with one attached hydrogen (secondary N) is 1. The first-order valence-electron chi connectivity index (χ1n) is 4.24. The van der Waals surface area contributed by atoms with Crippen molar-refractivity contribution in [3.63, 3.8) is 0 Å². The summed E-state index contributed by atoms with van der Waals surface area (Å²) in [5, 5.41) is 12.3. The summed E-state index contributed by atoms with van der Waals surface area (Å²) in [5.74, 6) is -0.152. The molecule has 0 aromatic carbocycles. The summed E-state index contributed by atoms with van der Waals surface area (Å²) in [6.07, 6.45) is -0.811. The fourth-order valence-electron chi connectivity index (χ4n) is 1.40. The molecule has 0 saturated carbocycles. The zero-order chi connectivity index (χ0) is 9.84. The lowest BCUT2D eigenvalue weighted by molar-refractivity contribution is -0.210. The van der Waals surface area contributed by atoms with Crippen LogP contribution in [0.5, 0.6) is 0 Å². The molecule has 0 aromatic rings. The molecule has 76 valence electrons. The van der Waals surface area contributed by atoms with Crippen molar-refractivity contribution in [2.24, 2.45) is 0 Å². The maximum atomic E-state index is 10.7. The van der Waals surface area contributed by atoms with Gasteiger partial charge in [0.1, 0.15) is 6.10 Å². The number of hydrogen-bond donors (Lipinski definition) is 2. The van der Waals surface area contributed by atoms with Crippen molar-refractivity contribution in [1.29, 1.82) is 0 Å². The average Bonchev–Trinajstić information content (AvgIpc) is 2.08. The summed E-state index contributed by atoms with van der Waals surface area (Å²) in [7, 11) is 1.46. The first kappa shape index (κ1) is 10.4. The predicted octanol–water partition coefficient (Wildman–Crippen LogP) is -0.755. The summed E-state index contributed by atoms with van der Waals surface area (Å²) in [4.78, 5) is 10.7. The third-order valence-corrected chi connectivity index (χ3v) is 2.02. The summed E-state index contributed by atoms with van der Waals surface area (Å²) >= 11 is 0. The van der Waals surface area contributed by atoms with E-state index in [1.807, 2.05) is 0 Å². The number of ether oxygens (including phenoxy) is 2. The van der Waals surface area contributed by atoms with Crippen molar-refractivity contribution < 1.29 is 19.4 Å². The molecule has 1 rings (SSSR count). The molecule has 1 aliphatic rings. The number of hydrogen-bond acceptors (Lipinski definition) is 4. The lowest BCUT2D eigenvalue weighted by atomic mass is 10.1. The smallest absolute Gasteiger partial charge is 0.217 e. The van der Waals surface area contributed by atoms with E-state index in [9.17, 15) is 9.90 Å². The van der Waals surface area contributed by atoms with Crippen molar-refractivity contribution in [3.8, 4) is 0 Å². The minimum Gasteiger partial charge on any atom is -0.386 e. The minimum atomic E-state index is -0.789. The van der Waals surface area contributed by atoms with Gasteiger partial charge in [0.05, 0.1) is 12.6 Å². The molecule has 1 heterocycles. The highest BCUT2D eigenvalue weighted by Crippen LogP contribution is 2.15. The predicted molar refractivity (Wildman–Crippen MR) is 45.0 cm³/mol. The number of rotatable bonds is 2. The molecule has 1 amide bonds. The van der Waals surface area contributed by atoms with Gasteiger partial charge >= 0.3 is 0 Å². The Morgan fingerprint density at radius 3 is 2.92 bits per heavy atom. The molecule has 5 nitrogen and oxygen atoms in total. The molecule has 0 aliphatic carbocycles. The summed E-state index contributed by atoms with van der Waals surface area (Å²) in [6, 6.07) is -0.267. The Balaban J connectivity index is 2.49. The van der Waals surface area contributed by atoms with E-state index in [-0.39, 0.29) is 11.9 Å². The maximum absolute atomic E-state index is 10.7. The van der Waals surface area contributed by atoms with Crippen LogP contribution in [0.4, 0.5) is 0 Å². The highest BCUT2D eigenvalue weighted by molar-refractivity contribution is 5.73. The van der Waals surface area contributed by atoms with E-state index < -0.39 is 12.4 Å². The van der Waals surface area contributed by atoms with Crippen molar-refractivity contribution in [1.82, 2.24) is 5.32 Å². The molecule has 2 N–H and O–H groups in total. The molecular weight excluding hydrogens is 174 g/mol. The second-order valence-electron chi connectivity index (χ2n) is 3.06. The average molecular weight is 189 g/mol. The SMILES string of the molecule is CO[C@@H]1OCC[C@@H](NC(C)=O)[C@@H]1O. The van der Waals surface area contributed by atoms with Gasteiger partial charge in [-0.1, -0.05) is 0 Å². The van der Waals surface area contributed by atoms with Gasteiger partial charge in [0.2, 0.25) is 5.91 Å². The Labute approximate surface area is 77.0 Å². The van der Waals surface area contributed by atoms with Crippen LogP contribution in [0, 0.1) is 0 Å². The zero-order valence-electron chi connectivity index (χ0n) is 7.82. The quantitative estimate of drug-likeness (QED) is 0.599. The van der Waals surface area contributed by atoms with Gasteiger partial charge in [-0.3, -0.25) is 4.79 Å². The first-order valence-corrected chi connectivity index (χ1v) is 4.24. The molecule has 1 aliphatic heterocycles. The fourth-order valence-corrected chi connectivity index (χ4v) is 1.40. The Hall–Kier alpha value is -0.650. The normalized spacial score (nSPS) is 34.2. The molecule has 0 bridgehead atoms. The molecule has 13 heavy (non-hydrogen) atoms. The Kier molecular flexibility index (Phi) is 3.65. The van der Waals surface area contributed by atoms with Crippen molar-refractivity contribution in [2.45, 2.75) is 31.8 Å². The Bertz CT molecular complexity index is 185. The van der Waals surface area contributed by atoms with Gasteiger partial charge < -0.3 is 19.9 Å². The van der Waals surface area contributed by atoms with Gasteiger partial charge in [0.25, 0.3) is 0 Å². The van der Waals surface area contributed by atoms with Gasteiger partial charge in [-0.2, -0.15) is 0 Å². The van der Waals surface area contributed by atoms with Gasteiger partial charge in [-0.25, -0.2) is 0 Å². The number of carbonyl (C=O) groups excluding carboxylic acids is 1. The van der Waals surface area contributed by atoms with Gasteiger partial charge in [-0.05, 0) is 6.42 Å². The molecule has 1 saturated heterocycles. The number of methoxy groups -OCH3 is 1. The molecule has 0 radical (unpaired) electrons. The van der Waals surface area contributed by atoms with E-state index in [2.05, 4.69) is 5.32 Å². The summed E-state index contributed by atoms with van der Waals surface area (Å²) < 4.78 is 10.0. The Morgan fingerprint density at radius 2 is 2.38 bits per heavy atom. The van der Waals surface area contributed by atoms with E-state index in [4.69, 9.17) is 9.47 Å². The third-order valence-electron chi connectivity index (χ3n) is 2.02. The van der Waals surface area contributed by atoms with Gasteiger partial charge in [-0.15, -0.1) is 0 Å². The standard InChI is InChI=1S/C8H15NO4/c1-5(10)9-6-3-4-13-8(12-2)7(6)11/h6-8,11H,3-4H2,1-2H3,(H,9,10)/t6-,7+,8-/m1/s1. The monoisotopic (exact) mass is 189 g/mol. The molecule has 1 fully saturated rings. The lowest BCUT2D eigenvalue weighted by Crippen LogP contribution is -2.53. The van der Waals surface area contributed by atoms with Crippen LogP contribution >= 0.6 is 0 Å². The van der Waals surface area contributed by atoms with Crippen molar-refractivity contribution in [3.05, 3.63) is 0 Å². The maximum Gasteiger partial charge on any atom is 0.217 e. The zero-order valence-corrected chi connectivity index (χ0v) is 7.82. The van der Waals surface area contributed by atoms with Crippen LogP contribution in [0.25, 0.3) is 0 Å². The third kappa shape index (κ3) is 2.65. The van der Waals surface area contributed by atoms with Crippen LogP contribution in [0.15, 0.2) is 0 Å². The summed E-state index contributed by atoms with van der Waals surface area (Å²) in [6.45, 7) is 1.91. The largest absolute Gasteiger partial charge is 0.386 e. The van der Waals surface area contributed by atoms with Crippen LogP contribution in [0.1, 0.15) is 13.3 Å². The second kappa shape index (κ2) is 4.55. The lowest BCUT2D eigenvalue weighted by Gasteiger charge is -2.33. The van der Waals surface area contributed by atoms with E-state index in [1.165, 1.54) is 14.0 Å². The number of amides is 1. The molecule has 0 aromatic heterocycles. The van der Waals surface area contributed by atoms with E-state index >= 15 is 0 Å². The topological polar surface area (TPSA) is 67.8 Å². The molecule has 5 heteroatoms. The highest BCUT2D eigenvalue weighted by Gasteiger charge is 2.33. The molecule has 3 atom stereocenters. The second-order valence-corrected chi connectivity index (χ2v) is 3.06. The van der Waals surface area contributed by atoms with E-state index in [0.29, 0.717) is 13.0 Å². The van der Waals surface area contributed by atoms with E-state index in [0.717, 1.165) is 0 Å². The van der Waals surface area contributed by atoms with Crippen LogP contribution in [-0.2, 0) is 14.3 Å². The highest BCUT2D eigenvalue weighted by atomic mass is 16.7. The molecular formula is C8H15NO4. The molecule has 0 spiro atoms. The van der Waals surface area contributed by atoms with Crippen LogP contribution in [-0.4, -0.2) is 43.2 Å². The number of aliphatic hydroxyl groups excluding tert-OH is 1. The Morgan fingerprint density at radius 1 is 1.69 bits per heavy atom. The summed E-state index contributed by atoms with van der Waals surface area (Å²) in [5.41, 5.74) is 0. The first-order chi connectivity index (χ1) is 6.15. The van der Waals surface area contributed by atoms with Crippen LogP contribution < -0.4 is 5.32 Å². The van der Waals surface area contributed by atoms with Crippen molar-refractivity contribution in [2.75, 3.05) is 13.7 Å².